The largest absolute Gasteiger partial charge is 0.396 e. The quantitative estimate of drug-likeness (QED) is 0.801. The van der Waals surface area contributed by atoms with Gasteiger partial charge in [0.2, 0.25) is 0 Å². The number of hydrogen-bond acceptors (Lipinski definition) is 1. The van der Waals surface area contributed by atoms with E-state index in [9.17, 15) is 0 Å². The minimum absolute atomic E-state index is 0.315. The van der Waals surface area contributed by atoms with Crippen LogP contribution in [0.3, 0.4) is 0 Å². The predicted molar refractivity (Wildman–Crippen MR) is 63.3 cm³/mol. The Labute approximate surface area is 92.1 Å². The summed E-state index contributed by atoms with van der Waals surface area (Å²) in [6, 6.07) is 6.89. The number of aryl methyl sites for hydroxylation is 1. The van der Waals surface area contributed by atoms with Gasteiger partial charge in [-0.1, -0.05) is 32.0 Å². The fraction of sp³-hybridized carbons (Fsp3) is 0.571. The summed E-state index contributed by atoms with van der Waals surface area (Å²) >= 11 is 0. The van der Waals surface area contributed by atoms with Crippen molar-refractivity contribution in [1.82, 2.24) is 0 Å². The summed E-state index contributed by atoms with van der Waals surface area (Å²) in [5.41, 5.74) is 4.42. The Bertz CT molecular complexity index is 339. The first-order valence-corrected chi connectivity index (χ1v) is 5.96. The Kier molecular flexibility index (Phi) is 3.11. The van der Waals surface area contributed by atoms with Crippen molar-refractivity contribution in [3.63, 3.8) is 0 Å². The average molecular weight is 204 g/mol. The smallest absolute Gasteiger partial charge is 0.0436 e. The van der Waals surface area contributed by atoms with Gasteiger partial charge >= 0.3 is 0 Å². The highest BCUT2D eigenvalue weighted by Gasteiger charge is 2.22. The molecule has 0 heterocycles. The first kappa shape index (κ1) is 10.7. The van der Waals surface area contributed by atoms with Gasteiger partial charge in [-0.05, 0) is 47.8 Å². The molecule has 1 nitrogen and oxygen atoms in total. The van der Waals surface area contributed by atoms with Crippen LogP contribution in [0.25, 0.3) is 0 Å². The Morgan fingerprint density at radius 1 is 1.40 bits per heavy atom. The molecule has 0 radical (unpaired) electrons. The first-order chi connectivity index (χ1) is 7.22. The molecule has 1 atom stereocenters. The van der Waals surface area contributed by atoms with E-state index in [1.807, 2.05) is 0 Å². The van der Waals surface area contributed by atoms with Crippen LogP contribution in [-0.2, 0) is 6.42 Å². The van der Waals surface area contributed by atoms with Crippen LogP contribution in [0.1, 0.15) is 55.2 Å². The molecule has 0 fully saturated rings. The molecule has 0 saturated heterocycles. The van der Waals surface area contributed by atoms with Crippen molar-refractivity contribution in [2.75, 3.05) is 6.61 Å². The molecule has 0 amide bonds. The predicted octanol–water partition coefficient (Wildman–Crippen LogP) is 3.22. The monoisotopic (exact) mass is 204 g/mol. The van der Waals surface area contributed by atoms with Crippen LogP contribution >= 0.6 is 0 Å². The molecule has 82 valence electrons. The number of fused-ring (bicyclic) bond motifs is 1. The van der Waals surface area contributed by atoms with Crippen LogP contribution in [0.4, 0.5) is 0 Å². The summed E-state index contributed by atoms with van der Waals surface area (Å²) in [5, 5.41) is 9.03. The molecule has 0 saturated carbocycles. The molecule has 0 aliphatic heterocycles. The van der Waals surface area contributed by atoms with E-state index < -0.39 is 0 Å². The second-order valence-corrected chi connectivity index (χ2v) is 4.86. The number of aliphatic hydroxyl groups excluding tert-OH is 1. The van der Waals surface area contributed by atoms with E-state index in [0.717, 1.165) is 6.42 Å². The van der Waals surface area contributed by atoms with Gasteiger partial charge in [-0.25, -0.2) is 0 Å². The summed E-state index contributed by atoms with van der Waals surface area (Å²) in [7, 11) is 0. The zero-order chi connectivity index (χ0) is 10.8. The van der Waals surface area contributed by atoms with Crippen molar-refractivity contribution in [3.8, 4) is 0 Å². The van der Waals surface area contributed by atoms with Gasteiger partial charge in [-0.15, -0.1) is 0 Å². The van der Waals surface area contributed by atoms with Crippen LogP contribution in [0.2, 0.25) is 0 Å². The number of rotatable bonds is 3. The van der Waals surface area contributed by atoms with E-state index in [-0.39, 0.29) is 0 Å². The molecule has 1 aromatic carbocycles. The Morgan fingerprint density at radius 2 is 2.20 bits per heavy atom. The zero-order valence-electron chi connectivity index (χ0n) is 9.66. The highest BCUT2D eigenvalue weighted by molar-refractivity contribution is 5.39. The maximum Gasteiger partial charge on any atom is 0.0436 e. The summed E-state index contributed by atoms with van der Waals surface area (Å²) in [6.45, 7) is 4.78. The van der Waals surface area contributed by atoms with Gasteiger partial charge in [-0.2, -0.15) is 0 Å². The third-order valence-corrected chi connectivity index (χ3v) is 3.52. The van der Waals surface area contributed by atoms with Gasteiger partial charge < -0.3 is 5.11 Å². The van der Waals surface area contributed by atoms with E-state index in [2.05, 4.69) is 32.0 Å². The second-order valence-electron chi connectivity index (χ2n) is 4.86. The van der Waals surface area contributed by atoms with Gasteiger partial charge in [0.15, 0.2) is 0 Å². The number of benzene rings is 1. The first-order valence-electron chi connectivity index (χ1n) is 5.96. The molecule has 1 unspecified atom stereocenters. The van der Waals surface area contributed by atoms with Crippen LogP contribution in [0.15, 0.2) is 18.2 Å². The lowest BCUT2D eigenvalue weighted by Gasteiger charge is -2.13. The standard InChI is InChI=1S/C14H20O/c1-10(2)13-6-5-11-3-4-12(7-8-15)14(11)9-13/h5-6,9-10,12,15H,3-4,7-8H2,1-2H3. The van der Waals surface area contributed by atoms with Crippen LogP contribution < -0.4 is 0 Å². The Hall–Kier alpha value is -0.820. The second kappa shape index (κ2) is 4.36. The van der Waals surface area contributed by atoms with Crippen molar-refractivity contribution in [1.29, 1.82) is 0 Å². The lowest BCUT2D eigenvalue weighted by Crippen LogP contribution is -1.98. The molecule has 1 heteroatoms. The molecule has 15 heavy (non-hydrogen) atoms. The van der Waals surface area contributed by atoms with Crippen molar-refractivity contribution >= 4 is 0 Å². The lowest BCUT2D eigenvalue weighted by molar-refractivity contribution is 0.275. The Balaban J connectivity index is 2.29. The molecular formula is C14H20O. The molecular weight excluding hydrogens is 184 g/mol. The molecule has 0 spiro atoms. The van der Waals surface area contributed by atoms with Crippen molar-refractivity contribution in [2.24, 2.45) is 0 Å². The van der Waals surface area contributed by atoms with Gasteiger partial charge in [0.25, 0.3) is 0 Å². The normalized spacial score (nSPS) is 19.6. The highest BCUT2D eigenvalue weighted by atomic mass is 16.3. The van der Waals surface area contributed by atoms with E-state index in [0.29, 0.717) is 18.4 Å². The minimum atomic E-state index is 0.315. The van der Waals surface area contributed by atoms with Crippen LogP contribution in [0.5, 0.6) is 0 Å². The maximum atomic E-state index is 9.03. The molecule has 1 aromatic rings. The van der Waals surface area contributed by atoms with Gasteiger partial charge in [0, 0.05) is 6.61 Å². The van der Waals surface area contributed by atoms with Crippen molar-refractivity contribution in [3.05, 3.63) is 34.9 Å². The van der Waals surface area contributed by atoms with Gasteiger partial charge in [0.05, 0.1) is 0 Å². The highest BCUT2D eigenvalue weighted by Crippen LogP contribution is 2.36. The van der Waals surface area contributed by atoms with E-state index in [1.54, 1.807) is 0 Å². The summed E-state index contributed by atoms with van der Waals surface area (Å²) in [6.07, 6.45) is 3.34. The molecule has 1 aliphatic carbocycles. The molecule has 1 N–H and O–H groups in total. The number of hydrogen-bond donors (Lipinski definition) is 1. The third-order valence-electron chi connectivity index (χ3n) is 3.52. The fourth-order valence-electron chi connectivity index (χ4n) is 2.52. The fourth-order valence-corrected chi connectivity index (χ4v) is 2.52. The van der Waals surface area contributed by atoms with Crippen molar-refractivity contribution < 1.29 is 5.11 Å². The maximum absolute atomic E-state index is 9.03. The van der Waals surface area contributed by atoms with Gasteiger partial charge in [0.1, 0.15) is 0 Å². The van der Waals surface area contributed by atoms with Gasteiger partial charge in [-0.3, -0.25) is 0 Å². The molecule has 2 rings (SSSR count). The Morgan fingerprint density at radius 3 is 2.87 bits per heavy atom. The number of aliphatic hydroxyl groups is 1. The summed E-state index contributed by atoms with van der Waals surface area (Å²) < 4.78 is 0. The van der Waals surface area contributed by atoms with Crippen LogP contribution in [0, 0.1) is 0 Å². The minimum Gasteiger partial charge on any atom is -0.396 e. The van der Waals surface area contributed by atoms with Crippen LogP contribution in [-0.4, -0.2) is 11.7 Å². The molecule has 1 aliphatic rings. The third kappa shape index (κ3) is 2.07. The topological polar surface area (TPSA) is 20.2 Å². The lowest BCUT2D eigenvalue weighted by atomic mass is 9.93. The van der Waals surface area contributed by atoms with E-state index in [4.69, 9.17) is 5.11 Å². The van der Waals surface area contributed by atoms with Crippen molar-refractivity contribution in [2.45, 2.75) is 44.9 Å². The summed E-state index contributed by atoms with van der Waals surface area (Å²) in [5.74, 6) is 1.20. The van der Waals surface area contributed by atoms with E-state index >= 15 is 0 Å². The molecule has 0 aromatic heterocycles. The van der Waals surface area contributed by atoms with E-state index in [1.165, 1.54) is 29.5 Å². The zero-order valence-corrected chi connectivity index (χ0v) is 9.66. The average Bonchev–Trinajstić information content (AvgIpc) is 2.61. The molecule has 0 bridgehead atoms. The SMILES string of the molecule is CC(C)c1ccc2c(c1)C(CCO)CC2. The summed E-state index contributed by atoms with van der Waals surface area (Å²) in [4.78, 5) is 0.